The maximum Gasteiger partial charge on any atom is 0.307 e. The van der Waals surface area contributed by atoms with Gasteiger partial charge < -0.3 is 14.6 Å². The van der Waals surface area contributed by atoms with Crippen molar-refractivity contribution in [3.8, 4) is 0 Å². The molecule has 2 aromatic rings. The maximum atomic E-state index is 12.0. The van der Waals surface area contributed by atoms with E-state index in [2.05, 4.69) is 24.4 Å². The lowest BCUT2D eigenvalue weighted by atomic mass is 9.75. The molecule has 0 atom stereocenters. The van der Waals surface area contributed by atoms with Gasteiger partial charge in [-0.15, -0.1) is 0 Å². The van der Waals surface area contributed by atoms with Crippen LogP contribution in [0.3, 0.4) is 0 Å². The molecule has 2 heterocycles. The Kier molecular flexibility index (Phi) is 3.79. The van der Waals surface area contributed by atoms with Crippen LogP contribution >= 0.6 is 0 Å². The summed E-state index contributed by atoms with van der Waals surface area (Å²) < 4.78 is 10.7. The summed E-state index contributed by atoms with van der Waals surface area (Å²) in [5, 5.41) is 4.25. The van der Waals surface area contributed by atoms with E-state index in [9.17, 15) is 9.59 Å². The Labute approximate surface area is 138 Å². The van der Waals surface area contributed by atoms with Crippen LogP contribution in [0.4, 0.5) is 0 Å². The lowest BCUT2D eigenvalue weighted by Crippen LogP contribution is -2.29. The van der Waals surface area contributed by atoms with Crippen molar-refractivity contribution in [1.82, 2.24) is 5.43 Å². The van der Waals surface area contributed by atoms with Crippen LogP contribution in [0.15, 0.2) is 32.3 Å². The topological polar surface area (TPSA) is 111 Å². The summed E-state index contributed by atoms with van der Waals surface area (Å²) in [4.78, 5) is 23.5. The number of amides is 2. The molecular weight excluding hydrogens is 310 g/mol. The number of nitrogens with two attached hydrogens (primary N) is 1. The SMILES string of the molecule is Cc1c(C(N)=O)oc2c1/C(=N/NC(=O)c1ccco1)CC(C)(C)C2. The van der Waals surface area contributed by atoms with Crippen LogP contribution in [0, 0.1) is 12.3 Å². The minimum Gasteiger partial charge on any atom is -0.459 e. The molecule has 0 bridgehead atoms. The number of furan rings is 2. The molecule has 1 aliphatic carbocycles. The van der Waals surface area contributed by atoms with Crippen LogP contribution in [0.25, 0.3) is 0 Å². The van der Waals surface area contributed by atoms with Crippen molar-refractivity contribution in [2.45, 2.75) is 33.6 Å². The van der Waals surface area contributed by atoms with Crippen LogP contribution < -0.4 is 11.2 Å². The van der Waals surface area contributed by atoms with Crippen LogP contribution in [-0.4, -0.2) is 17.5 Å². The zero-order valence-electron chi connectivity index (χ0n) is 13.8. The number of primary amides is 1. The Bertz CT molecular complexity index is 828. The molecular formula is C17H19N3O4. The average molecular weight is 329 g/mol. The molecule has 0 radical (unpaired) electrons. The molecule has 7 heteroatoms. The predicted octanol–water partition coefficient (Wildman–Crippen LogP) is 2.39. The van der Waals surface area contributed by atoms with Gasteiger partial charge in [0, 0.05) is 17.5 Å². The third-order valence-corrected chi connectivity index (χ3v) is 4.05. The van der Waals surface area contributed by atoms with Crippen molar-refractivity contribution >= 4 is 17.5 Å². The van der Waals surface area contributed by atoms with Gasteiger partial charge in [-0.25, -0.2) is 5.43 Å². The van der Waals surface area contributed by atoms with Gasteiger partial charge in [0.25, 0.3) is 5.91 Å². The quantitative estimate of drug-likeness (QED) is 0.842. The summed E-state index contributed by atoms with van der Waals surface area (Å²) in [6, 6.07) is 3.18. The van der Waals surface area contributed by atoms with Crippen LogP contribution in [0.1, 0.15) is 58.3 Å². The summed E-state index contributed by atoms with van der Waals surface area (Å²) in [5.74, 6) is -0.0601. The first-order valence-electron chi connectivity index (χ1n) is 7.61. The Hall–Kier alpha value is -2.83. The van der Waals surface area contributed by atoms with E-state index in [0.717, 1.165) is 5.56 Å². The number of fused-ring (bicyclic) bond motifs is 1. The Balaban J connectivity index is 1.98. The van der Waals surface area contributed by atoms with E-state index in [0.29, 0.717) is 29.9 Å². The van der Waals surface area contributed by atoms with E-state index in [1.165, 1.54) is 6.26 Å². The van der Waals surface area contributed by atoms with E-state index in [1.54, 1.807) is 19.1 Å². The normalized spacial score (nSPS) is 17.5. The predicted molar refractivity (Wildman–Crippen MR) is 86.8 cm³/mol. The first-order chi connectivity index (χ1) is 11.3. The molecule has 3 N–H and O–H groups in total. The van der Waals surface area contributed by atoms with Gasteiger partial charge in [-0.1, -0.05) is 13.8 Å². The Morgan fingerprint density at radius 1 is 1.33 bits per heavy atom. The minimum absolute atomic E-state index is 0.111. The number of carbonyl (C=O) groups excluding carboxylic acids is 2. The van der Waals surface area contributed by atoms with Crippen LogP contribution in [-0.2, 0) is 6.42 Å². The zero-order valence-corrected chi connectivity index (χ0v) is 13.8. The second-order valence-corrected chi connectivity index (χ2v) is 6.71. The molecule has 3 rings (SSSR count). The van der Waals surface area contributed by atoms with Crippen molar-refractivity contribution in [2.75, 3.05) is 0 Å². The fourth-order valence-electron chi connectivity index (χ4n) is 3.03. The number of rotatable bonds is 3. The molecule has 2 amide bonds. The van der Waals surface area contributed by atoms with Gasteiger partial charge >= 0.3 is 5.91 Å². The second-order valence-electron chi connectivity index (χ2n) is 6.71. The largest absolute Gasteiger partial charge is 0.459 e. The number of hydrogen-bond acceptors (Lipinski definition) is 5. The van der Waals surface area contributed by atoms with Gasteiger partial charge in [-0.05, 0) is 30.9 Å². The smallest absolute Gasteiger partial charge is 0.307 e. The lowest BCUT2D eigenvalue weighted by Gasteiger charge is -2.29. The number of nitrogens with one attached hydrogen (secondary N) is 1. The molecule has 7 nitrogen and oxygen atoms in total. The number of carbonyl (C=O) groups is 2. The monoisotopic (exact) mass is 329 g/mol. The summed E-state index contributed by atoms with van der Waals surface area (Å²) in [6.07, 6.45) is 2.72. The first kappa shape index (κ1) is 16.0. The summed E-state index contributed by atoms with van der Waals surface area (Å²) in [6.45, 7) is 5.91. The van der Waals surface area contributed by atoms with E-state index in [-0.39, 0.29) is 16.9 Å². The minimum atomic E-state index is -0.612. The van der Waals surface area contributed by atoms with Crippen molar-refractivity contribution in [3.63, 3.8) is 0 Å². The number of hydrazone groups is 1. The van der Waals surface area contributed by atoms with Gasteiger partial charge in [0.05, 0.1) is 12.0 Å². The maximum absolute atomic E-state index is 12.0. The third kappa shape index (κ3) is 2.84. The van der Waals surface area contributed by atoms with E-state index >= 15 is 0 Å². The van der Waals surface area contributed by atoms with Gasteiger partial charge in [-0.3, -0.25) is 9.59 Å². The number of hydrogen-bond donors (Lipinski definition) is 2. The summed E-state index contributed by atoms with van der Waals surface area (Å²) >= 11 is 0. The Morgan fingerprint density at radius 2 is 2.08 bits per heavy atom. The molecule has 1 aliphatic rings. The molecule has 0 fully saturated rings. The third-order valence-electron chi connectivity index (χ3n) is 4.05. The highest BCUT2D eigenvalue weighted by Crippen LogP contribution is 2.38. The standard InChI is InChI=1S/C17H19N3O4/c1-9-13-10(19-20-16(22)11-5-4-6-23-11)7-17(2,3)8-12(13)24-14(9)15(18)21/h4-6H,7-8H2,1-3H3,(H2,18,21)(H,20,22)/b19-10+. The summed E-state index contributed by atoms with van der Waals surface area (Å²) in [7, 11) is 0. The first-order valence-corrected chi connectivity index (χ1v) is 7.61. The van der Waals surface area contributed by atoms with Crippen molar-refractivity contribution in [2.24, 2.45) is 16.3 Å². The molecule has 24 heavy (non-hydrogen) atoms. The van der Waals surface area contributed by atoms with Gasteiger partial charge in [0.2, 0.25) is 0 Å². The van der Waals surface area contributed by atoms with Gasteiger partial charge in [0.1, 0.15) is 5.76 Å². The van der Waals surface area contributed by atoms with E-state index < -0.39 is 11.8 Å². The molecule has 0 unspecified atom stereocenters. The second kappa shape index (κ2) is 5.67. The highest BCUT2D eigenvalue weighted by atomic mass is 16.4. The van der Waals surface area contributed by atoms with Crippen molar-refractivity contribution < 1.29 is 18.4 Å². The Morgan fingerprint density at radius 3 is 2.71 bits per heavy atom. The molecule has 0 saturated carbocycles. The molecule has 0 aliphatic heterocycles. The zero-order chi connectivity index (χ0) is 17.5. The molecule has 0 spiro atoms. The van der Waals surface area contributed by atoms with E-state index in [4.69, 9.17) is 14.6 Å². The lowest BCUT2D eigenvalue weighted by molar-refractivity contribution is 0.0926. The van der Waals surface area contributed by atoms with Crippen LogP contribution in [0.2, 0.25) is 0 Å². The highest BCUT2D eigenvalue weighted by Gasteiger charge is 2.35. The fourth-order valence-corrected chi connectivity index (χ4v) is 3.03. The molecule has 0 aromatic carbocycles. The van der Waals surface area contributed by atoms with Gasteiger partial charge in [-0.2, -0.15) is 5.10 Å². The fraction of sp³-hybridized carbons (Fsp3) is 0.353. The average Bonchev–Trinajstić information content (AvgIpc) is 3.11. The summed E-state index contributed by atoms with van der Waals surface area (Å²) in [5.41, 5.74) is 9.82. The molecule has 126 valence electrons. The highest BCUT2D eigenvalue weighted by molar-refractivity contribution is 6.07. The number of nitrogens with zero attached hydrogens (tertiary/aromatic N) is 1. The molecule has 2 aromatic heterocycles. The van der Waals surface area contributed by atoms with Crippen LogP contribution in [0.5, 0.6) is 0 Å². The van der Waals surface area contributed by atoms with Crippen molar-refractivity contribution in [1.29, 1.82) is 0 Å². The van der Waals surface area contributed by atoms with Gasteiger partial charge in [0.15, 0.2) is 11.5 Å². The molecule has 0 saturated heterocycles. The van der Waals surface area contributed by atoms with E-state index in [1.807, 2.05) is 0 Å². The van der Waals surface area contributed by atoms with Crippen molar-refractivity contribution in [3.05, 3.63) is 46.8 Å².